The Hall–Kier alpha value is -2.31. The summed E-state index contributed by atoms with van der Waals surface area (Å²) >= 11 is 7.25. The van der Waals surface area contributed by atoms with Crippen LogP contribution < -0.4 is 10.9 Å². The van der Waals surface area contributed by atoms with Crippen molar-refractivity contribution in [3.8, 4) is 0 Å². The van der Waals surface area contributed by atoms with Crippen LogP contribution in [0.25, 0.3) is 10.2 Å². The number of hydrogen-bond acceptors (Lipinski definition) is 7. The Kier molecular flexibility index (Phi) is 7.68. The van der Waals surface area contributed by atoms with Gasteiger partial charge in [-0.25, -0.2) is 17.7 Å². The first kappa shape index (κ1) is 24.8. The van der Waals surface area contributed by atoms with Gasteiger partial charge in [-0.15, -0.1) is 11.3 Å². The maximum atomic E-state index is 12.7. The molecule has 34 heavy (non-hydrogen) atoms. The minimum atomic E-state index is -3.15. The highest BCUT2D eigenvalue weighted by atomic mass is 35.5. The summed E-state index contributed by atoms with van der Waals surface area (Å²) in [6, 6.07) is 7.14. The summed E-state index contributed by atoms with van der Waals surface area (Å²) in [5.74, 6) is -0.258. The SMILES string of the molecule is CS(=O)(=O)N1CCC(COCc2csc3nc(C(=O)NCc4cccc(Cl)c4)[nH]c(=O)c23)CC1. The molecule has 0 aliphatic carbocycles. The van der Waals surface area contributed by atoms with Crippen molar-refractivity contribution in [1.29, 1.82) is 0 Å². The van der Waals surface area contributed by atoms with E-state index >= 15 is 0 Å². The quantitative estimate of drug-likeness (QED) is 0.467. The van der Waals surface area contributed by atoms with Crippen LogP contribution in [0.4, 0.5) is 0 Å². The number of rotatable bonds is 8. The number of hydrogen-bond donors (Lipinski definition) is 2. The second kappa shape index (κ2) is 10.5. The summed E-state index contributed by atoms with van der Waals surface area (Å²) in [7, 11) is -3.15. The first-order valence-electron chi connectivity index (χ1n) is 10.8. The summed E-state index contributed by atoms with van der Waals surface area (Å²) in [5, 5.41) is 5.54. The van der Waals surface area contributed by atoms with Gasteiger partial charge >= 0.3 is 0 Å². The van der Waals surface area contributed by atoms with E-state index in [0.717, 1.165) is 18.4 Å². The van der Waals surface area contributed by atoms with Crippen molar-refractivity contribution >= 4 is 49.1 Å². The topological polar surface area (TPSA) is 121 Å². The van der Waals surface area contributed by atoms with Gasteiger partial charge in [-0.05, 0) is 41.8 Å². The third-order valence-electron chi connectivity index (χ3n) is 5.73. The molecule has 3 aromatic rings. The molecule has 0 radical (unpaired) electrons. The molecule has 0 atom stereocenters. The molecule has 0 bridgehead atoms. The first-order valence-corrected chi connectivity index (χ1v) is 13.9. The van der Waals surface area contributed by atoms with Gasteiger partial charge in [-0.1, -0.05) is 23.7 Å². The number of halogens is 1. The Morgan fingerprint density at radius 1 is 1.35 bits per heavy atom. The van der Waals surface area contributed by atoms with E-state index in [1.165, 1.54) is 21.9 Å². The van der Waals surface area contributed by atoms with E-state index in [1.807, 2.05) is 11.4 Å². The van der Waals surface area contributed by atoms with E-state index in [-0.39, 0.29) is 30.5 Å². The zero-order valence-electron chi connectivity index (χ0n) is 18.5. The van der Waals surface area contributed by atoms with Crippen LogP contribution in [-0.4, -0.2) is 54.6 Å². The lowest BCUT2D eigenvalue weighted by Gasteiger charge is -2.29. The molecule has 3 heterocycles. The molecular weight excluding hydrogens is 500 g/mol. The van der Waals surface area contributed by atoms with Crippen LogP contribution in [0.1, 0.15) is 34.6 Å². The number of aromatic nitrogens is 2. The summed E-state index contributed by atoms with van der Waals surface area (Å²) in [4.78, 5) is 32.6. The Morgan fingerprint density at radius 3 is 2.82 bits per heavy atom. The molecular formula is C22H25ClN4O5S2. The van der Waals surface area contributed by atoms with Crippen LogP contribution in [0.3, 0.4) is 0 Å². The highest BCUT2D eigenvalue weighted by molar-refractivity contribution is 7.88. The Balaban J connectivity index is 1.34. The van der Waals surface area contributed by atoms with Crippen molar-refractivity contribution in [1.82, 2.24) is 19.6 Å². The largest absolute Gasteiger partial charge is 0.376 e. The average molecular weight is 525 g/mol. The van der Waals surface area contributed by atoms with Gasteiger partial charge in [0, 0.05) is 36.8 Å². The molecule has 182 valence electrons. The van der Waals surface area contributed by atoms with Gasteiger partial charge in [-0.3, -0.25) is 9.59 Å². The Bertz CT molecular complexity index is 1350. The first-order chi connectivity index (χ1) is 16.2. The fraction of sp³-hybridized carbons (Fsp3) is 0.409. The van der Waals surface area contributed by atoms with Crippen molar-refractivity contribution in [3.63, 3.8) is 0 Å². The number of ether oxygens (including phenoxy) is 1. The molecule has 4 rings (SSSR count). The van der Waals surface area contributed by atoms with Crippen LogP contribution in [-0.2, 0) is 27.9 Å². The number of piperidine rings is 1. The van der Waals surface area contributed by atoms with E-state index in [0.29, 0.717) is 40.5 Å². The number of nitrogens with one attached hydrogen (secondary N) is 2. The molecule has 12 heteroatoms. The number of nitrogens with zero attached hydrogens (tertiary/aromatic N) is 2. The third kappa shape index (κ3) is 6.02. The molecule has 0 unspecified atom stereocenters. The van der Waals surface area contributed by atoms with E-state index < -0.39 is 15.9 Å². The lowest BCUT2D eigenvalue weighted by atomic mass is 9.99. The molecule has 1 fully saturated rings. The van der Waals surface area contributed by atoms with Crippen molar-refractivity contribution in [3.05, 3.63) is 62.0 Å². The fourth-order valence-corrected chi connectivity index (χ4v) is 5.89. The third-order valence-corrected chi connectivity index (χ3v) is 8.19. The molecule has 1 aromatic carbocycles. The number of carbonyl (C=O) groups excluding carboxylic acids is 1. The lowest BCUT2D eigenvalue weighted by Crippen LogP contribution is -2.38. The van der Waals surface area contributed by atoms with Gasteiger partial charge < -0.3 is 15.0 Å². The van der Waals surface area contributed by atoms with Crippen LogP contribution in [0, 0.1) is 5.92 Å². The summed E-state index contributed by atoms with van der Waals surface area (Å²) < 4.78 is 30.6. The molecule has 9 nitrogen and oxygen atoms in total. The smallest absolute Gasteiger partial charge is 0.287 e. The number of fused-ring (bicyclic) bond motifs is 1. The second-order valence-electron chi connectivity index (χ2n) is 8.29. The predicted octanol–water partition coefficient (Wildman–Crippen LogP) is 2.76. The number of H-pyrrole nitrogens is 1. The van der Waals surface area contributed by atoms with E-state index in [4.69, 9.17) is 16.3 Å². The molecule has 0 saturated carbocycles. The van der Waals surface area contributed by atoms with Crippen LogP contribution in [0.15, 0.2) is 34.4 Å². The van der Waals surface area contributed by atoms with Gasteiger partial charge in [-0.2, -0.15) is 0 Å². The van der Waals surface area contributed by atoms with Crippen molar-refractivity contribution in [2.75, 3.05) is 26.0 Å². The number of amides is 1. The van der Waals surface area contributed by atoms with Gasteiger partial charge in [0.05, 0.1) is 18.2 Å². The maximum Gasteiger partial charge on any atom is 0.287 e. The number of carbonyl (C=O) groups is 1. The molecule has 0 spiro atoms. The van der Waals surface area contributed by atoms with E-state index in [1.54, 1.807) is 18.2 Å². The minimum absolute atomic E-state index is 0.0496. The van der Waals surface area contributed by atoms with Crippen LogP contribution >= 0.6 is 22.9 Å². The van der Waals surface area contributed by atoms with Gasteiger partial charge in [0.1, 0.15) is 4.83 Å². The Labute approximate surface area is 206 Å². The average Bonchev–Trinajstić information content (AvgIpc) is 3.21. The molecule has 1 amide bonds. The number of aromatic amines is 1. The molecule has 2 aromatic heterocycles. The zero-order valence-corrected chi connectivity index (χ0v) is 20.9. The monoisotopic (exact) mass is 524 g/mol. The summed E-state index contributed by atoms with van der Waals surface area (Å²) in [6.45, 7) is 2.00. The van der Waals surface area contributed by atoms with Gasteiger partial charge in [0.25, 0.3) is 11.5 Å². The zero-order chi connectivity index (χ0) is 24.3. The minimum Gasteiger partial charge on any atom is -0.376 e. The molecule has 1 aliphatic heterocycles. The van der Waals surface area contributed by atoms with Crippen molar-refractivity contribution < 1.29 is 17.9 Å². The second-order valence-corrected chi connectivity index (χ2v) is 11.6. The molecule has 1 aliphatic rings. The molecule has 1 saturated heterocycles. The fourth-order valence-electron chi connectivity index (χ4n) is 3.88. The maximum absolute atomic E-state index is 12.7. The predicted molar refractivity (Wildman–Crippen MR) is 132 cm³/mol. The summed E-state index contributed by atoms with van der Waals surface area (Å²) in [6.07, 6.45) is 2.71. The highest BCUT2D eigenvalue weighted by Crippen LogP contribution is 2.24. The van der Waals surface area contributed by atoms with Crippen LogP contribution in [0.5, 0.6) is 0 Å². The Morgan fingerprint density at radius 2 is 2.12 bits per heavy atom. The number of thiophene rings is 1. The number of sulfonamides is 1. The van der Waals surface area contributed by atoms with Gasteiger partial charge in [0.15, 0.2) is 0 Å². The van der Waals surface area contributed by atoms with Crippen molar-refractivity contribution in [2.24, 2.45) is 5.92 Å². The van der Waals surface area contributed by atoms with Crippen LogP contribution in [0.2, 0.25) is 5.02 Å². The number of benzene rings is 1. The van der Waals surface area contributed by atoms with E-state index in [2.05, 4.69) is 15.3 Å². The lowest BCUT2D eigenvalue weighted by molar-refractivity contribution is 0.0695. The van der Waals surface area contributed by atoms with Crippen molar-refractivity contribution in [2.45, 2.75) is 26.0 Å². The highest BCUT2D eigenvalue weighted by Gasteiger charge is 2.25. The van der Waals surface area contributed by atoms with E-state index in [9.17, 15) is 18.0 Å². The normalized spacial score (nSPS) is 15.6. The summed E-state index contributed by atoms with van der Waals surface area (Å²) in [5.41, 5.74) is 1.16. The standard InChI is InChI=1S/C22H25ClN4O5S2/c1-34(30,31)27-7-5-14(6-8-27)11-32-12-16-13-33-22-18(16)20(28)25-19(26-22)21(29)24-10-15-3-2-4-17(23)9-15/h2-4,9,13-14H,5-8,10-12H2,1H3,(H,24,29)(H,25,26,28). The molecule has 2 N–H and O–H groups in total. The van der Waals surface area contributed by atoms with Gasteiger partial charge in [0.2, 0.25) is 15.8 Å².